The fourth-order valence-corrected chi connectivity index (χ4v) is 2.30. The van der Waals surface area contributed by atoms with Crippen molar-refractivity contribution in [1.29, 1.82) is 0 Å². The molecule has 1 amide bonds. The molecular formula is C16H11BrN2O2. The number of hydrogen-bond donors (Lipinski definition) is 1. The molecule has 0 unspecified atom stereocenters. The summed E-state index contributed by atoms with van der Waals surface area (Å²) in [6, 6.07) is 14.7. The second-order valence-corrected chi connectivity index (χ2v) is 5.36. The number of rotatable bonds is 3. The molecule has 0 saturated carbocycles. The van der Waals surface area contributed by atoms with Crippen molar-refractivity contribution in [2.75, 3.05) is 0 Å². The lowest BCUT2D eigenvalue weighted by atomic mass is 10.1. The van der Waals surface area contributed by atoms with Gasteiger partial charge in [0.25, 0.3) is 0 Å². The number of benzene rings is 2. The van der Waals surface area contributed by atoms with E-state index in [1.807, 2.05) is 30.3 Å². The zero-order valence-electron chi connectivity index (χ0n) is 10.9. The van der Waals surface area contributed by atoms with Gasteiger partial charge in [0.05, 0.1) is 11.8 Å². The maximum absolute atomic E-state index is 11.5. The predicted molar refractivity (Wildman–Crippen MR) is 83.6 cm³/mol. The van der Waals surface area contributed by atoms with Crippen LogP contribution in [0.5, 0.6) is 0 Å². The van der Waals surface area contributed by atoms with Crippen LogP contribution in [0.15, 0.2) is 63.6 Å². The van der Waals surface area contributed by atoms with E-state index >= 15 is 0 Å². The number of carbonyl (C=O) groups excluding carboxylic acids is 1. The van der Waals surface area contributed by atoms with Crippen molar-refractivity contribution in [3.63, 3.8) is 0 Å². The largest absolute Gasteiger partial charge is 0.436 e. The Hall–Kier alpha value is -2.40. The van der Waals surface area contributed by atoms with Crippen molar-refractivity contribution in [3.05, 3.63) is 64.8 Å². The Morgan fingerprint density at radius 1 is 1.10 bits per heavy atom. The molecule has 0 aliphatic heterocycles. The number of oxazole rings is 1. The van der Waals surface area contributed by atoms with Gasteiger partial charge in [-0.2, -0.15) is 0 Å². The number of aromatic nitrogens is 1. The Kier molecular flexibility index (Phi) is 3.58. The fourth-order valence-electron chi connectivity index (χ4n) is 2.03. The Bertz CT molecular complexity index is 794. The zero-order chi connectivity index (χ0) is 14.8. The van der Waals surface area contributed by atoms with Crippen LogP contribution in [0.2, 0.25) is 0 Å². The minimum absolute atomic E-state index is 0.377. The minimum Gasteiger partial charge on any atom is -0.436 e. The van der Waals surface area contributed by atoms with Crippen LogP contribution in [0.3, 0.4) is 0 Å². The molecule has 0 aliphatic carbocycles. The van der Waals surface area contributed by atoms with Crippen LogP contribution in [0.25, 0.3) is 22.8 Å². The summed E-state index contributed by atoms with van der Waals surface area (Å²) in [6.07, 6.45) is 1.64. The molecule has 21 heavy (non-hydrogen) atoms. The average molecular weight is 343 g/mol. The smallest absolute Gasteiger partial charge is 0.249 e. The van der Waals surface area contributed by atoms with Gasteiger partial charge in [0.15, 0.2) is 5.76 Å². The van der Waals surface area contributed by atoms with Gasteiger partial charge < -0.3 is 10.2 Å². The lowest BCUT2D eigenvalue weighted by Crippen LogP contribution is -2.12. The molecule has 0 atom stereocenters. The SMILES string of the molecule is NC(=O)c1ccccc1-c1ncc(-c2ccc(Br)cc2)o1. The summed E-state index contributed by atoms with van der Waals surface area (Å²) in [5.74, 6) is 0.507. The van der Waals surface area contributed by atoms with Gasteiger partial charge in [-0.05, 0) is 24.3 Å². The normalized spacial score (nSPS) is 10.5. The highest BCUT2D eigenvalue weighted by atomic mass is 79.9. The quantitative estimate of drug-likeness (QED) is 0.785. The molecule has 0 fully saturated rings. The van der Waals surface area contributed by atoms with Gasteiger partial charge in [-0.3, -0.25) is 4.79 Å². The summed E-state index contributed by atoms with van der Waals surface area (Å²) in [7, 11) is 0. The summed E-state index contributed by atoms with van der Waals surface area (Å²) in [5.41, 5.74) is 7.27. The van der Waals surface area contributed by atoms with Crippen LogP contribution < -0.4 is 5.73 Å². The van der Waals surface area contributed by atoms with Crippen molar-refractivity contribution in [2.45, 2.75) is 0 Å². The first-order valence-corrected chi connectivity index (χ1v) is 7.05. The number of carbonyl (C=O) groups is 1. The number of amides is 1. The molecule has 0 aliphatic rings. The molecule has 1 aromatic heterocycles. The third kappa shape index (κ3) is 2.73. The molecule has 4 nitrogen and oxygen atoms in total. The van der Waals surface area contributed by atoms with Crippen molar-refractivity contribution in [2.24, 2.45) is 5.73 Å². The maximum atomic E-state index is 11.5. The van der Waals surface area contributed by atoms with E-state index in [1.54, 1.807) is 24.4 Å². The number of hydrogen-bond acceptors (Lipinski definition) is 3. The topological polar surface area (TPSA) is 69.1 Å². The highest BCUT2D eigenvalue weighted by molar-refractivity contribution is 9.10. The summed E-state index contributed by atoms with van der Waals surface area (Å²) >= 11 is 3.39. The predicted octanol–water partition coefficient (Wildman–Crippen LogP) is 3.87. The van der Waals surface area contributed by atoms with E-state index in [0.717, 1.165) is 10.0 Å². The Morgan fingerprint density at radius 2 is 1.81 bits per heavy atom. The number of nitrogens with zero attached hydrogens (tertiary/aromatic N) is 1. The molecule has 3 aromatic rings. The van der Waals surface area contributed by atoms with Crippen LogP contribution in [0.4, 0.5) is 0 Å². The lowest BCUT2D eigenvalue weighted by Gasteiger charge is -2.02. The van der Waals surface area contributed by atoms with E-state index in [1.165, 1.54) is 0 Å². The summed E-state index contributed by atoms with van der Waals surface area (Å²) < 4.78 is 6.74. The van der Waals surface area contributed by atoms with Crippen LogP contribution in [0, 0.1) is 0 Å². The van der Waals surface area contributed by atoms with E-state index in [4.69, 9.17) is 10.2 Å². The Labute approximate surface area is 129 Å². The summed E-state index contributed by atoms with van der Waals surface area (Å²) in [4.78, 5) is 15.7. The standard InChI is InChI=1S/C16H11BrN2O2/c17-11-7-5-10(6-8-11)14-9-19-16(21-14)13-4-2-1-3-12(13)15(18)20/h1-9H,(H2,18,20). The van der Waals surface area contributed by atoms with Gasteiger partial charge in [-0.1, -0.05) is 40.2 Å². The first-order valence-electron chi connectivity index (χ1n) is 6.26. The first kappa shape index (κ1) is 13.6. The van der Waals surface area contributed by atoms with Gasteiger partial charge >= 0.3 is 0 Å². The van der Waals surface area contributed by atoms with Crippen molar-refractivity contribution >= 4 is 21.8 Å². The molecular weight excluding hydrogens is 332 g/mol. The molecule has 2 N–H and O–H groups in total. The molecule has 5 heteroatoms. The Balaban J connectivity index is 2.03. The molecule has 1 heterocycles. The van der Waals surface area contributed by atoms with E-state index in [-0.39, 0.29) is 0 Å². The average Bonchev–Trinajstić information content (AvgIpc) is 2.97. The van der Waals surface area contributed by atoms with Crippen molar-refractivity contribution < 1.29 is 9.21 Å². The van der Waals surface area contributed by atoms with Gasteiger partial charge in [0, 0.05) is 15.6 Å². The van der Waals surface area contributed by atoms with E-state index in [9.17, 15) is 4.79 Å². The van der Waals surface area contributed by atoms with Gasteiger partial charge in [0.2, 0.25) is 11.8 Å². The second-order valence-electron chi connectivity index (χ2n) is 4.45. The van der Waals surface area contributed by atoms with Crippen LogP contribution in [-0.4, -0.2) is 10.9 Å². The molecule has 104 valence electrons. The van der Waals surface area contributed by atoms with Gasteiger partial charge in [-0.25, -0.2) is 4.98 Å². The first-order chi connectivity index (χ1) is 10.1. The zero-order valence-corrected chi connectivity index (χ0v) is 12.5. The van der Waals surface area contributed by atoms with Crippen molar-refractivity contribution in [3.8, 4) is 22.8 Å². The Morgan fingerprint density at radius 3 is 2.52 bits per heavy atom. The molecule has 0 saturated heterocycles. The summed E-state index contributed by atoms with van der Waals surface area (Å²) in [6.45, 7) is 0. The molecule has 0 spiro atoms. The molecule has 0 bridgehead atoms. The van der Waals surface area contributed by atoms with E-state index in [0.29, 0.717) is 22.8 Å². The summed E-state index contributed by atoms with van der Waals surface area (Å²) in [5, 5.41) is 0. The monoisotopic (exact) mass is 342 g/mol. The second kappa shape index (κ2) is 5.54. The van der Waals surface area contributed by atoms with Crippen LogP contribution >= 0.6 is 15.9 Å². The van der Waals surface area contributed by atoms with E-state index < -0.39 is 5.91 Å². The maximum Gasteiger partial charge on any atom is 0.249 e. The molecule has 3 rings (SSSR count). The lowest BCUT2D eigenvalue weighted by molar-refractivity contribution is 0.100. The number of halogens is 1. The van der Waals surface area contributed by atoms with Crippen LogP contribution in [-0.2, 0) is 0 Å². The highest BCUT2D eigenvalue weighted by Crippen LogP contribution is 2.28. The number of nitrogens with two attached hydrogens (primary N) is 1. The van der Waals surface area contributed by atoms with Gasteiger partial charge in [0.1, 0.15) is 0 Å². The third-order valence-corrected chi connectivity index (χ3v) is 3.59. The van der Waals surface area contributed by atoms with Crippen LogP contribution in [0.1, 0.15) is 10.4 Å². The highest BCUT2D eigenvalue weighted by Gasteiger charge is 2.14. The van der Waals surface area contributed by atoms with Crippen molar-refractivity contribution in [1.82, 2.24) is 4.98 Å². The van der Waals surface area contributed by atoms with Gasteiger partial charge in [-0.15, -0.1) is 0 Å². The van der Waals surface area contributed by atoms with E-state index in [2.05, 4.69) is 20.9 Å². The third-order valence-electron chi connectivity index (χ3n) is 3.06. The molecule has 0 radical (unpaired) electrons. The minimum atomic E-state index is -0.506. The number of primary amides is 1. The molecule has 2 aromatic carbocycles. The fraction of sp³-hybridized carbons (Fsp3) is 0.